The van der Waals surface area contributed by atoms with Crippen molar-refractivity contribution in [2.24, 2.45) is 5.41 Å². The number of benzene rings is 1. The van der Waals surface area contributed by atoms with Crippen LogP contribution < -0.4 is 10.2 Å². The van der Waals surface area contributed by atoms with Gasteiger partial charge in [0.2, 0.25) is 5.82 Å². The highest BCUT2D eigenvalue weighted by atomic mass is 19.4. The second-order valence-corrected chi connectivity index (χ2v) is 8.17. The minimum Gasteiger partial charge on any atom is -0.493 e. The normalized spacial score (nSPS) is 24.0. The van der Waals surface area contributed by atoms with Crippen molar-refractivity contribution in [1.29, 1.82) is 0 Å². The molecule has 0 spiro atoms. The van der Waals surface area contributed by atoms with Gasteiger partial charge in [0.1, 0.15) is 0 Å². The molecule has 4 rings (SSSR count). The van der Waals surface area contributed by atoms with Crippen LogP contribution in [0.4, 0.5) is 22.0 Å². The fraction of sp³-hybridized carbons (Fsp3) is 0.364. The lowest BCUT2D eigenvalue weighted by Gasteiger charge is -2.27. The number of hydrogen-bond acceptors (Lipinski definition) is 3. The van der Waals surface area contributed by atoms with E-state index in [1.165, 1.54) is 24.5 Å². The van der Waals surface area contributed by atoms with Gasteiger partial charge in [-0.1, -0.05) is 13.0 Å². The van der Waals surface area contributed by atoms with Gasteiger partial charge in [0.05, 0.1) is 23.4 Å². The molecule has 2 unspecified atom stereocenters. The molecule has 0 radical (unpaired) electrons. The average molecular weight is 438 g/mol. The van der Waals surface area contributed by atoms with Gasteiger partial charge in [-0.2, -0.15) is 17.6 Å². The van der Waals surface area contributed by atoms with Crippen molar-refractivity contribution in [3.8, 4) is 5.75 Å². The zero-order valence-electron chi connectivity index (χ0n) is 16.7. The van der Waals surface area contributed by atoms with Crippen molar-refractivity contribution in [2.45, 2.75) is 37.8 Å². The van der Waals surface area contributed by atoms with E-state index in [4.69, 9.17) is 4.74 Å². The Bertz CT molecular complexity index is 1210. The van der Waals surface area contributed by atoms with Gasteiger partial charge >= 0.3 is 6.18 Å². The summed E-state index contributed by atoms with van der Waals surface area (Å²) in [5.74, 6) is -4.48. The lowest BCUT2D eigenvalue weighted by Crippen LogP contribution is -2.32. The highest BCUT2D eigenvalue weighted by Gasteiger charge is 2.58. The number of pyridine rings is 2. The number of rotatable bonds is 3. The largest absolute Gasteiger partial charge is 0.493 e. The minimum absolute atomic E-state index is 0.134. The van der Waals surface area contributed by atoms with Crippen LogP contribution in [0.15, 0.2) is 41.5 Å². The van der Waals surface area contributed by atoms with E-state index in [9.17, 15) is 26.7 Å². The average Bonchev–Trinajstić information content (AvgIpc) is 3.09. The van der Waals surface area contributed by atoms with Gasteiger partial charge in [0, 0.05) is 35.6 Å². The fourth-order valence-corrected chi connectivity index (χ4v) is 4.58. The fourth-order valence-electron chi connectivity index (χ4n) is 4.58. The van der Waals surface area contributed by atoms with E-state index in [0.717, 1.165) is 20.1 Å². The van der Waals surface area contributed by atoms with Gasteiger partial charge in [-0.15, -0.1) is 0 Å². The van der Waals surface area contributed by atoms with Gasteiger partial charge in [-0.25, -0.2) is 4.39 Å². The number of methoxy groups -OCH3 is 1. The highest BCUT2D eigenvalue weighted by molar-refractivity contribution is 5.77. The maximum absolute atomic E-state index is 14.4. The molecule has 1 aliphatic carbocycles. The van der Waals surface area contributed by atoms with Gasteiger partial charge < -0.3 is 9.72 Å². The van der Waals surface area contributed by atoms with Crippen LogP contribution in [0.3, 0.4) is 0 Å². The molecule has 1 fully saturated rings. The van der Waals surface area contributed by atoms with Crippen LogP contribution in [-0.2, 0) is 0 Å². The number of alkyl halides is 3. The maximum Gasteiger partial charge on any atom is 0.394 e. The highest BCUT2D eigenvalue weighted by Crippen LogP contribution is 2.61. The Morgan fingerprint density at radius 2 is 1.87 bits per heavy atom. The summed E-state index contributed by atoms with van der Waals surface area (Å²) in [7, 11) is 1.14. The molecule has 3 aromatic rings. The van der Waals surface area contributed by atoms with Gasteiger partial charge in [0.25, 0.3) is 0 Å². The molecule has 3 atom stereocenters. The van der Waals surface area contributed by atoms with E-state index < -0.39 is 40.8 Å². The minimum atomic E-state index is -4.52. The molecular formula is C22H19F5N2O2. The van der Waals surface area contributed by atoms with Crippen molar-refractivity contribution in [3.05, 3.63) is 69.8 Å². The third-order valence-electron chi connectivity index (χ3n) is 6.25. The Kier molecular flexibility index (Phi) is 5.02. The van der Waals surface area contributed by atoms with Crippen LogP contribution in [-0.4, -0.2) is 23.3 Å². The number of H-pyrrole nitrogens is 1. The molecule has 1 aliphatic rings. The first-order valence-corrected chi connectivity index (χ1v) is 9.61. The predicted molar refractivity (Wildman–Crippen MR) is 104 cm³/mol. The standard InChI is InChI=1S/C22H19F5N2O2/c1-21(22(25,26)27)8-12(11-3-4-15(23)19(24)20(11)31-2)13(9-21)17-7-18(30)14-10-28-6-5-16(14)29-17/h3-7,10,12-13H,8-9H2,1-2H3,(H,29,30)/t12?,13?,21-/m0/s1. The summed E-state index contributed by atoms with van der Waals surface area (Å²) in [5.41, 5.74) is -1.59. The molecule has 2 heterocycles. The number of nitrogens with one attached hydrogen (secondary N) is 1. The van der Waals surface area contributed by atoms with Gasteiger partial charge in [-0.3, -0.25) is 9.78 Å². The summed E-state index contributed by atoms with van der Waals surface area (Å²) in [5, 5.41) is 0.310. The van der Waals surface area contributed by atoms with Crippen LogP contribution in [0.25, 0.3) is 10.9 Å². The van der Waals surface area contributed by atoms with Crippen LogP contribution in [0.1, 0.15) is 42.9 Å². The zero-order valence-corrected chi connectivity index (χ0v) is 16.7. The summed E-state index contributed by atoms with van der Waals surface area (Å²) in [6.45, 7) is 1.11. The molecule has 1 N–H and O–H groups in total. The number of hydrogen-bond donors (Lipinski definition) is 1. The SMILES string of the molecule is COc1c(C2C[C@](C)(C(F)(F)F)CC2c2cc(=O)c3cnccc3[nH]2)ccc(F)c1F. The molecule has 1 aromatic carbocycles. The maximum atomic E-state index is 14.4. The Morgan fingerprint density at radius 1 is 1.16 bits per heavy atom. The summed E-state index contributed by atoms with van der Waals surface area (Å²) in [6.07, 6.45) is -2.36. The van der Waals surface area contributed by atoms with E-state index in [0.29, 0.717) is 16.6 Å². The van der Waals surface area contributed by atoms with Crippen LogP contribution in [0, 0.1) is 17.0 Å². The smallest absolute Gasteiger partial charge is 0.394 e. The predicted octanol–water partition coefficient (Wildman–Crippen LogP) is 5.44. The molecule has 9 heteroatoms. The Labute approximate surface area is 174 Å². The van der Waals surface area contributed by atoms with Crippen LogP contribution in [0.5, 0.6) is 5.75 Å². The van der Waals surface area contributed by atoms with E-state index >= 15 is 0 Å². The molecule has 0 bridgehead atoms. The molecule has 0 amide bonds. The van der Waals surface area contributed by atoms with E-state index in [1.54, 1.807) is 6.07 Å². The van der Waals surface area contributed by atoms with Crippen molar-refractivity contribution < 1.29 is 26.7 Å². The number of fused-ring (bicyclic) bond motifs is 1. The summed E-state index contributed by atoms with van der Waals surface area (Å²) in [6, 6.07) is 4.95. The molecule has 0 aliphatic heterocycles. The Morgan fingerprint density at radius 3 is 2.55 bits per heavy atom. The number of nitrogens with zero attached hydrogens (tertiary/aromatic N) is 1. The van der Waals surface area contributed by atoms with E-state index in [1.807, 2.05) is 0 Å². The molecule has 164 valence electrons. The summed E-state index contributed by atoms with van der Waals surface area (Å²) >= 11 is 0. The molecule has 0 saturated heterocycles. The number of aromatic amines is 1. The number of ether oxygens (including phenoxy) is 1. The quantitative estimate of drug-likeness (QED) is 0.554. The third-order valence-corrected chi connectivity index (χ3v) is 6.25. The zero-order chi connectivity index (χ0) is 22.6. The summed E-state index contributed by atoms with van der Waals surface area (Å²) in [4.78, 5) is 19.5. The molecule has 2 aromatic heterocycles. The van der Waals surface area contributed by atoms with Gasteiger partial charge in [0.15, 0.2) is 17.0 Å². The molecule has 1 saturated carbocycles. The Balaban J connectivity index is 1.91. The van der Waals surface area contributed by atoms with Crippen LogP contribution >= 0.6 is 0 Å². The van der Waals surface area contributed by atoms with Crippen molar-refractivity contribution in [3.63, 3.8) is 0 Å². The van der Waals surface area contributed by atoms with Crippen LogP contribution in [0.2, 0.25) is 0 Å². The van der Waals surface area contributed by atoms with Crippen molar-refractivity contribution in [1.82, 2.24) is 9.97 Å². The first kappa shape index (κ1) is 21.3. The van der Waals surface area contributed by atoms with Gasteiger partial charge in [-0.05, 0) is 30.9 Å². The summed E-state index contributed by atoms with van der Waals surface area (Å²) < 4.78 is 74.9. The Hall–Kier alpha value is -2.97. The molecule has 31 heavy (non-hydrogen) atoms. The van der Waals surface area contributed by atoms with E-state index in [-0.39, 0.29) is 23.8 Å². The van der Waals surface area contributed by atoms with Crippen molar-refractivity contribution >= 4 is 10.9 Å². The number of aromatic nitrogens is 2. The molecular weight excluding hydrogens is 419 g/mol. The number of halogens is 5. The first-order valence-electron chi connectivity index (χ1n) is 9.61. The second kappa shape index (κ2) is 7.32. The molecule has 4 nitrogen and oxygen atoms in total. The monoisotopic (exact) mass is 438 g/mol. The first-order chi connectivity index (χ1) is 14.6. The lowest BCUT2D eigenvalue weighted by molar-refractivity contribution is -0.216. The van der Waals surface area contributed by atoms with Crippen molar-refractivity contribution in [2.75, 3.05) is 7.11 Å². The lowest BCUT2D eigenvalue weighted by atomic mass is 9.85. The second-order valence-electron chi connectivity index (χ2n) is 8.17. The topological polar surface area (TPSA) is 55.0 Å². The van der Waals surface area contributed by atoms with E-state index in [2.05, 4.69) is 9.97 Å². The third kappa shape index (κ3) is 3.45.